The molecule has 1 aliphatic rings. The number of phenolic OH excluding ortho intramolecular Hbond substituents is 1. The molecule has 3 rings (SSSR count). The number of aliphatic hydroxyl groups excluding tert-OH is 4. The Morgan fingerprint density at radius 3 is 1.27 bits per heavy atom. The van der Waals surface area contributed by atoms with Crippen molar-refractivity contribution in [2.45, 2.75) is 288 Å². The van der Waals surface area contributed by atoms with Crippen molar-refractivity contribution in [2.24, 2.45) is 52.0 Å². The summed E-state index contributed by atoms with van der Waals surface area (Å²) in [4.78, 5) is 316. The summed E-state index contributed by atoms with van der Waals surface area (Å²) in [6.07, 6.45) is -6.12. The number of nitrogens with one attached hydrogen (secondary N) is 16. The van der Waals surface area contributed by atoms with Gasteiger partial charge < -0.3 is 154 Å². The first-order valence-corrected chi connectivity index (χ1v) is 48.5. The molecule has 0 bridgehead atoms. The van der Waals surface area contributed by atoms with E-state index in [1.54, 1.807) is 65.0 Å². The molecule has 54 heteroatoms. The molecule has 21 atom stereocenters. The molecule has 1 aliphatic heterocycles. The lowest BCUT2D eigenvalue weighted by Gasteiger charge is -2.39. The molecule has 0 spiro atoms. The fraction of sp³-hybridized carbons (Fsp3) is 0.620. The normalized spacial score (nSPS) is 16.5. The molecule has 0 saturated carbocycles. The average molecular weight is 2100 g/mol. The molecule has 814 valence electrons. The predicted octanol–water partition coefficient (Wildman–Crippen LogP) is -9.27. The molecule has 0 radical (unpaired) electrons. The number of phenols is 1. The van der Waals surface area contributed by atoms with Crippen LogP contribution in [0.4, 0.5) is 0 Å². The number of nitrogens with two attached hydrogens (primary N) is 4. The second-order valence-electron chi connectivity index (χ2n) is 37.7. The Kier molecular flexibility index (Phi) is 53.0. The third-order valence-electron chi connectivity index (χ3n) is 23.4. The zero-order chi connectivity index (χ0) is 111. The topological polar surface area (TPSA) is 837 Å². The third kappa shape index (κ3) is 41.2. The Morgan fingerprint density at radius 1 is 0.438 bits per heavy atom. The van der Waals surface area contributed by atoms with Gasteiger partial charge in [-0.15, -0.1) is 0 Å². The van der Waals surface area contributed by atoms with E-state index in [0.29, 0.717) is 11.1 Å². The van der Waals surface area contributed by atoms with Crippen molar-refractivity contribution < 1.29 is 146 Å². The lowest BCUT2D eigenvalue weighted by molar-refractivity contribution is -0.147. The molecule has 2 aromatic carbocycles. The van der Waals surface area contributed by atoms with Gasteiger partial charge in [-0.2, -0.15) is 25.3 Å². The Bertz CT molecular complexity index is 4900. The highest BCUT2D eigenvalue weighted by Crippen LogP contribution is 2.27. The number of amides is 21. The summed E-state index contributed by atoms with van der Waals surface area (Å²) in [6, 6.07) is -17.7. The van der Waals surface area contributed by atoms with E-state index >= 15 is 0 Å². The van der Waals surface area contributed by atoms with Crippen LogP contribution in [0.15, 0.2) is 54.6 Å². The molecule has 0 aliphatic carbocycles. The number of aromatic hydroxyl groups is 1. The highest BCUT2D eigenvalue weighted by Gasteiger charge is 2.46. The van der Waals surface area contributed by atoms with Gasteiger partial charge in [0.25, 0.3) is 0 Å². The van der Waals surface area contributed by atoms with Crippen LogP contribution in [-0.4, -0.2) is 347 Å². The van der Waals surface area contributed by atoms with Crippen LogP contribution in [0.3, 0.4) is 0 Å². The van der Waals surface area contributed by atoms with Gasteiger partial charge in [-0.25, -0.2) is 4.79 Å². The van der Waals surface area contributed by atoms with Crippen LogP contribution in [0.25, 0.3) is 0 Å². The van der Waals surface area contributed by atoms with E-state index in [1.807, 2.05) is 0 Å². The van der Waals surface area contributed by atoms with E-state index in [4.69, 9.17) is 22.9 Å². The first kappa shape index (κ1) is 127. The second kappa shape index (κ2) is 61.1. The van der Waals surface area contributed by atoms with Gasteiger partial charge in [-0.05, 0) is 105 Å². The number of hydrogen-bond donors (Lipinski definition) is 29. The molecule has 1 saturated heterocycles. The van der Waals surface area contributed by atoms with Gasteiger partial charge >= 0.3 is 11.9 Å². The monoisotopic (exact) mass is 2100 g/mol. The number of nitrogens with zero attached hydrogens (tertiary/aromatic N) is 2. The van der Waals surface area contributed by atoms with Crippen LogP contribution < -0.4 is 108 Å². The first-order valence-electron chi connectivity index (χ1n) is 47.2. The van der Waals surface area contributed by atoms with Crippen LogP contribution in [0, 0.1) is 29.1 Å². The summed E-state index contributed by atoms with van der Waals surface area (Å²) in [5.41, 5.74) is 22.1. The minimum atomic E-state index is -2.08. The zero-order valence-corrected chi connectivity index (χ0v) is 85.7. The zero-order valence-electron chi connectivity index (χ0n) is 83.9. The largest absolute Gasteiger partial charge is 0.508 e. The number of likely N-dealkylation sites (N-methyl/N-ethyl adjacent to an activating group) is 1. The van der Waals surface area contributed by atoms with Crippen LogP contribution >= 0.6 is 25.3 Å². The van der Waals surface area contributed by atoms with Crippen molar-refractivity contribution in [3.05, 3.63) is 65.7 Å². The molecule has 52 nitrogen and oxygen atoms in total. The molecule has 21 amide bonds. The van der Waals surface area contributed by atoms with E-state index in [0.717, 1.165) is 16.7 Å². The quantitative estimate of drug-likeness (QED) is 0.0274. The average Bonchev–Trinajstić information content (AvgIpc) is 1.41. The summed E-state index contributed by atoms with van der Waals surface area (Å²) in [6.45, 7) is 15.6. The van der Waals surface area contributed by atoms with Crippen LogP contribution in [0.1, 0.15) is 165 Å². The summed E-state index contributed by atoms with van der Waals surface area (Å²) < 4.78 is 0. The minimum Gasteiger partial charge on any atom is -0.508 e. The molecule has 2 aromatic rings. The van der Waals surface area contributed by atoms with Gasteiger partial charge in [0, 0.05) is 44.4 Å². The summed E-state index contributed by atoms with van der Waals surface area (Å²) in [5.74, 6) is -29.9. The molecule has 0 aromatic heterocycles. The summed E-state index contributed by atoms with van der Waals surface area (Å²) in [7, 11) is 1.18. The Labute approximate surface area is 854 Å². The highest BCUT2D eigenvalue weighted by molar-refractivity contribution is 7.80. The standard InChI is InChI=1S/C92H144N22O30S2/c1-15-45(8)70(86(138)112-71(47(10)118)87(139)97-46(9)89(141)113(14)72(92(11,12)13)88(140)106-60(39-117)80(132)110-69(44(6)7)90(142)114-31-19-22-63(114)84(136)99-52(27-29-64(94)120)74(126)107-61(40-145)82(134)103-57(91(143)144)34-48-20-17-16-18-21-48)111-81(133)59(38-116)104-76(128)54(32-42(2)3)102-85(137)68(43(4)5)109-75(127)53(28-30-67(123)124)98-77(129)56(36-66(96)122)101-79(131)58(37-115)105-83(135)62(41-146)108-78(130)55(35-65(95)121)100-73(125)51(93)33-49-23-25-50(119)26-24-49/h16-18,20-21,23-26,42-47,51-63,68-72,115-119,145-146H,15,19,22,27-41,93H2,1-14H3,(H2,94,120)(H2,95,121)(H2,96,122)(H,97,139)(H,98,129)(H,99,136)(H,100,125)(H,101,131)(H,102,137)(H,103,134)(H,104,128)(H,105,135)(H,106,140)(H,107,126)(H,108,130)(H,109,127)(H,110,132)(H,111,133)(H,112,138)(H,123,124)(H,143,144)/t45-,46-,47+,51-,52-,53-,54-,55-,56-,57-,58-,59-,60-,61-,62-,63-,68-,69-,70-,71-,72+/m0/s1. The van der Waals surface area contributed by atoms with Gasteiger partial charge in [0.15, 0.2) is 0 Å². The number of thiol groups is 2. The van der Waals surface area contributed by atoms with Gasteiger partial charge in [-0.3, -0.25) is 105 Å². The maximum Gasteiger partial charge on any atom is 0.326 e. The van der Waals surface area contributed by atoms with E-state index in [-0.39, 0.29) is 56.6 Å². The fourth-order valence-electron chi connectivity index (χ4n) is 15.2. The number of carboxylic acid groups (broad SMARTS) is 2. The van der Waals surface area contributed by atoms with E-state index < -0.39 is 350 Å². The van der Waals surface area contributed by atoms with Crippen molar-refractivity contribution in [1.29, 1.82) is 0 Å². The van der Waals surface area contributed by atoms with E-state index in [9.17, 15) is 146 Å². The number of aliphatic hydroxyl groups is 4. The lowest BCUT2D eigenvalue weighted by Crippen LogP contribution is -2.64. The van der Waals surface area contributed by atoms with Crippen LogP contribution in [-0.2, 0) is 123 Å². The van der Waals surface area contributed by atoms with Crippen molar-refractivity contribution >= 4 is 161 Å². The Balaban J connectivity index is 1.78. The van der Waals surface area contributed by atoms with E-state index in [1.165, 1.54) is 79.8 Å². The maximum absolute atomic E-state index is 14.6. The number of likely N-dealkylation sites (tertiary alicyclic amines) is 1. The molecule has 0 unspecified atom stereocenters. The van der Waals surface area contributed by atoms with Crippen molar-refractivity contribution in [3.8, 4) is 5.75 Å². The van der Waals surface area contributed by atoms with Gasteiger partial charge in [0.05, 0.1) is 44.8 Å². The summed E-state index contributed by atoms with van der Waals surface area (Å²) >= 11 is 8.26. The number of carboxylic acids is 2. The summed E-state index contributed by atoms with van der Waals surface area (Å²) in [5, 5.41) is 110. The number of benzene rings is 2. The van der Waals surface area contributed by atoms with Crippen molar-refractivity contribution in [2.75, 3.05) is 44.9 Å². The highest BCUT2D eigenvalue weighted by atomic mass is 32.1. The molecule has 1 heterocycles. The number of aliphatic carboxylic acids is 2. The van der Waals surface area contributed by atoms with Gasteiger partial charge in [0.2, 0.25) is 124 Å². The molecule has 31 N–H and O–H groups in total. The van der Waals surface area contributed by atoms with Crippen molar-refractivity contribution in [1.82, 2.24) is 94.9 Å². The third-order valence-corrected chi connectivity index (χ3v) is 24.1. The molecular formula is C92H144N22O30S2. The SMILES string of the molecule is CC[C@H](C)[C@H](NC(=O)[C@H](CO)NC(=O)[C@H](CC(C)C)NC(=O)[C@@H](NC(=O)[C@H](CCC(=O)O)NC(=O)[C@H](CC(N)=O)NC(=O)[C@H](CO)NC(=O)[C@H](CS)NC(=O)[C@H](CC(N)=O)NC(=O)[C@@H](N)Cc1ccc(O)cc1)C(C)C)C(=O)N[C@H](C(=O)N[C@@H](C)C(=O)N(C)[C@H](C(=O)N[C@@H](CO)C(=O)N[C@H](C(=O)N1CCC[C@H]1C(=O)N[C@@H](CCC(N)=O)C(=O)N[C@@H](CS)C(=O)N[C@@H](Cc1ccccc1)C(=O)O)C(C)C)C(C)(C)C)[C@@H](C)O. The second-order valence-corrected chi connectivity index (χ2v) is 38.4. The van der Waals surface area contributed by atoms with Crippen molar-refractivity contribution in [3.63, 3.8) is 0 Å². The number of hydrogen-bond acceptors (Lipinski definition) is 31. The predicted molar refractivity (Wildman–Crippen MR) is 527 cm³/mol. The van der Waals surface area contributed by atoms with Crippen LogP contribution in [0.2, 0.25) is 0 Å². The molecule has 1 fully saturated rings. The number of rotatable bonds is 62. The smallest absolute Gasteiger partial charge is 0.326 e. The first-order chi connectivity index (χ1) is 68.2. The minimum absolute atomic E-state index is 0.0288. The van der Waals surface area contributed by atoms with Gasteiger partial charge in [-0.1, -0.05) is 125 Å². The molecular weight excluding hydrogens is 1960 g/mol. The Hall–Kier alpha value is -13.4. The lowest BCUT2D eigenvalue weighted by atomic mass is 9.84. The fourth-order valence-corrected chi connectivity index (χ4v) is 15.7. The number of carbonyl (C=O) groups excluding carboxylic acids is 21. The molecule has 146 heavy (non-hydrogen) atoms. The number of carbonyl (C=O) groups is 23. The van der Waals surface area contributed by atoms with E-state index in [2.05, 4.69) is 110 Å². The Morgan fingerprint density at radius 2 is 0.822 bits per heavy atom. The van der Waals surface area contributed by atoms with Gasteiger partial charge in [0.1, 0.15) is 115 Å². The maximum atomic E-state index is 14.6. The number of primary amides is 3. The van der Waals surface area contributed by atoms with Crippen LogP contribution in [0.5, 0.6) is 5.75 Å².